The summed E-state index contributed by atoms with van der Waals surface area (Å²) < 4.78 is 33.8. The van der Waals surface area contributed by atoms with Gasteiger partial charge in [0.25, 0.3) is 8.32 Å². The molecule has 1 aromatic heterocycles. The van der Waals surface area contributed by atoms with Gasteiger partial charge in [-0.05, 0) is 15.4 Å². The van der Waals surface area contributed by atoms with Crippen LogP contribution in [0.1, 0.15) is 26.5 Å². The molecule has 3 aromatic rings. The zero-order valence-corrected chi connectivity index (χ0v) is 19.9. The van der Waals surface area contributed by atoms with E-state index in [1.165, 1.54) is 37.0 Å². The van der Waals surface area contributed by atoms with Crippen molar-refractivity contribution in [3.05, 3.63) is 78.9 Å². The standard InChI is InChI=1S/C22H29N3O3SSi/c1-22(2,3)30(20-12-8-6-9-13-20,21-14-10-7-11-15-21)28-17-19-16-25(18-23-19)29(26,27)24(4)5/h6-16,18H,17H2,1-5H3. The van der Waals surface area contributed by atoms with E-state index in [0.29, 0.717) is 5.69 Å². The third-order valence-electron chi connectivity index (χ3n) is 5.19. The van der Waals surface area contributed by atoms with E-state index in [1.807, 2.05) is 36.4 Å². The molecule has 8 heteroatoms. The van der Waals surface area contributed by atoms with Crippen LogP contribution in [-0.4, -0.2) is 44.1 Å². The molecule has 0 aliphatic rings. The fraction of sp³-hybridized carbons (Fsp3) is 0.318. The number of hydrogen-bond donors (Lipinski definition) is 0. The Bertz CT molecular complexity index is 1040. The second-order valence-corrected chi connectivity index (χ2v) is 14.8. The molecule has 0 atom stereocenters. The molecule has 6 nitrogen and oxygen atoms in total. The lowest BCUT2D eigenvalue weighted by atomic mass is 10.2. The van der Waals surface area contributed by atoms with Gasteiger partial charge >= 0.3 is 10.2 Å². The Balaban J connectivity index is 2.04. The lowest BCUT2D eigenvalue weighted by molar-refractivity contribution is 0.282. The van der Waals surface area contributed by atoms with Crippen molar-refractivity contribution in [2.45, 2.75) is 32.4 Å². The predicted octanol–water partition coefficient (Wildman–Crippen LogP) is 2.61. The van der Waals surface area contributed by atoms with E-state index in [9.17, 15) is 8.42 Å². The van der Waals surface area contributed by atoms with E-state index in [4.69, 9.17) is 4.43 Å². The Hall–Kier alpha value is -2.26. The predicted molar refractivity (Wildman–Crippen MR) is 123 cm³/mol. The molecular weight excluding hydrogens is 414 g/mol. The largest absolute Gasteiger partial charge is 0.401 e. The van der Waals surface area contributed by atoms with Gasteiger partial charge < -0.3 is 4.43 Å². The zero-order valence-electron chi connectivity index (χ0n) is 18.1. The first-order valence-corrected chi connectivity index (χ1v) is 13.1. The average molecular weight is 444 g/mol. The van der Waals surface area contributed by atoms with E-state index < -0.39 is 18.5 Å². The number of rotatable bonds is 7. The first-order chi connectivity index (χ1) is 14.1. The van der Waals surface area contributed by atoms with Gasteiger partial charge in [0.1, 0.15) is 6.33 Å². The molecule has 3 rings (SSSR count). The SMILES string of the molecule is CN(C)S(=O)(=O)n1cnc(CO[Si](c2ccccc2)(c2ccccc2)C(C)(C)C)c1. The molecule has 30 heavy (non-hydrogen) atoms. The topological polar surface area (TPSA) is 64.4 Å². The van der Waals surface area contributed by atoms with Gasteiger partial charge in [0.05, 0.1) is 12.3 Å². The first-order valence-electron chi connectivity index (χ1n) is 9.80. The fourth-order valence-corrected chi connectivity index (χ4v) is 9.00. The van der Waals surface area contributed by atoms with E-state index in [0.717, 1.165) is 8.28 Å². The highest BCUT2D eigenvalue weighted by Gasteiger charge is 2.50. The van der Waals surface area contributed by atoms with Gasteiger partial charge in [-0.25, -0.2) is 8.96 Å². The normalized spacial score (nSPS) is 13.0. The van der Waals surface area contributed by atoms with Crippen molar-refractivity contribution in [1.29, 1.82) is 0 Å². The van der Waals surface area contributed by atoms with Crippen molar-refractivity contribution >= 4 is 28.9 Å². The van der Waals surface area contributed by atoms with Gasteiger partial charge in [-0.1, -0.05) is 81.4 Å². The molecule has 0 fully saturated rings. The van der Waals surface area contributed by atoms with Crippen LogP contribution < -0.4 is 10.4 Å². The van der Waals surface area contributed by atoms with Crippen LogP contribution in [0, 0.1) is 0 Å². The lowest BCUT2D eigenvalue weighted by Crippen LogP contribution is -2.66. The summed E-state index contributed by atoms with van der Waals surface area (Å²) in [5.41, 5.74) is 0.577. The zero-order chi connectivity index (χ0) is 22.0. The van der Waals surface area contributed by atoms with E-state index >= 15 is 0 Å². The quantitative estimate of drug-likeness (QED) is 0.527. The molecule has 0 spiro atoms. The molecule has 0 saturated heterocycles. The third kappa shape index (κ3) is 4.13. The van der Waals surface area contributed by atoms with Gasteiger partial charge in [0, 0.05) is 20.3 Å². The molecule has 0 radical (unpaired) electrons. The van der Waals surface area contributed by atoms with Crippen LogP contribution in [0.3, 0.4) is 0 Å². The number of hydrogen-bond acceptors (Lipinski definition) is 4. The van der Waals surface area contributed by atoms with Crippen molar-refractivity contribution in [1.82, 2.24) is 13.3 Å². The lowest BCUT2D eigenvalue weighted by Gasteiger charge is -2.42. The fourth-order valence-electron chi connectivity index (χ4n) is 3.68. The summed E-state index contributed by atoms with van der Waals surface area (Å²) >= 11 is 0. The molecule has 0 aliphatic heterocycles. The van der Waals surface area contributed by atoms with Gasteiger partial charge in [-0.3, -0.25) is 0 Å². The summed E-state index contributed by atoms with van der Waals surface area (Å²) in [6.45, 7) is 6.83. The van der Waals surface area contributed by atoms with Crippen LogP contribution in [0.2, 0.25) is 5.04 Å². The highest BCUT2D eigenvalue weighted by atomic mass is 32.2. The molecule has 0 unspecified atom stereocenters. The highest BCUT2D eigenvalue weighted by molar-refractivity contribution is 7.87. The van der Waals surface area contributed by atoms with Crippen LogP contribution in [0.4, 0.5) is 0 Å². The molecule has 160 valence electrons. The molecular formula is C22H29N3O3SSi. The minimum Gasteiger partial charge on any atom is -0.401 e. The van der Waals surface area contributed by atoms with Crippen LogP contribution in [-0.2, 0) is 21.2 Å². The third-order valence-corrected chi connectivity index (χ3v) is 11.8. The summed E-state index contributed by atoms with van der Waals surface area (Å²) in [5.74, 6) is 0. The van der Waals surface area contributed by atoms with E-state index in [-0.39, 0.29) is 11.6 Å². The van der Waals surface area contributed by atoms with Gasteiger partial charge in [-0.15, -0.1) is 0 Å². The molecule has 0 amide bonds. The minimum atomic E-state index is -3.60. The maximum absolute atomic E-state index is 12.4. The Morgan fingerprint density at radius 1 is 0.967 bits per heavy atom. The molecule has 0 N–H and O–H groups in total. The molecule has 2 aromatic carbocycles. The highest BCUT2D eigenvalue weighted by Crippen LogP contribution is 2.37. The first kappa shape index (κ1) is 22.4. The number of aromatic nitrogens is 2. The van der Waals surface area contributed by atoms with E-state index in [1.54, 1.807) is 0 Å². The summed E-state index contributed by atoms with van der Waals surface area (Å²) in [5, 5.41) is 2.18. The van der Waals surface area contributed by atoms with Gasteiger partial charge in [0.2, 0.25) is 0 Å². The maximum Gasteiger partial charge on any atom is 0.308 e. The van der Waals surface area contributed by atoms with Crippen molar-refractivity contribution in [2.24, 2.45) is 0 Å². The van der Waals surface area contributed by atoms with Crippen LogP contribution in [0.15, 0.2) is 73.2 Å². The van der Waals surface area contributed by atoms with E-state index in [2.05, 4.69) is 50.0 Å². The van der Waals surface area contributed by atoms with Crippen LogP contribution in [0.25, 0.3) is 0 Å². The van der Waals surface area contributed by atoms with Gasteiger partial charge in [0.15, 0.2) is 0 Å². The monoisotopic (exact) mass is 443 g/mol. The Morgan fingerprint density at radius 2 is 1.47 bits per heavy atom. The number of nitrogens with zero attached hydrogens (tertiary/aromatic N) is 3. The Labute approximate surface area is 180 Å². The molecule has 1 heterocycles. The second kappa shape index (κ2) is 8.47. The van der Waals surface area contributed by atoms with Crippen molar-refractivity contribution in [2.75, 3.05) is 14.1 Å². The summed E-state index contributed by atoms with van der Waals surface area (Å²) in [4.78, 5) is 4.29. The number of benzene rings is 2. The van der Waals surface area contributed by atoms with Crippen molar-refractivity contribution in [3.8, 4) is 0 Å². The van der Waals surface area contributed by atoms with Crippen LogP contribution in [0.5, 0.6) is 0 Å². The Kier molecular flexibility index (Phi) is 6.33. The smallest absolute Gasteiger partial charge is 0.308 e. The van der Waals surface area contributed by atoms with Gasteiger partial charge in [-0.2, -0.15) is 12.7 Å². The van der Waals surface area contributed by atoms with Crippen molar-refractivity contribution < 1.29 is 12.8 Å². The molecule has 0 aliphatic carbocycles. The maximum atomic E-state index is 12.4. The second-order valence-electron chi connectivity index (χ2n) is 8.44. The number of imidazole rings is 1. The minimum absolute atomic E-state index is 0.159. The summed E-state index contributed by atoms with van der Waals surface area (Å²) in [6.07, 6.45) is 2.84. The summed E-state index contributed by atoms with van der Waals surface area (Å²) in [6, 6.07) is 20.6. The molecule has 0 bridgehead atoms. The average Bonchev–Trinajstić information content (AvgIpc) is 3.19. The van der Waals surface area contributed by atoms with Crippen molar-refractivity contribution in [3.63, 3.8) is 0 Å². The van der Waals surface area contributed by atoms with Crippen LogP contribution >= 0.6 is 0 Å². The Morgan fingerprint density at radius 3 is 1.90 bits per heavy atom. The molecule has 0 saturated carbocycles. The summed E-state index contributed by atoms with van der Waals surface area (Å²) in [7, 11) is -3.31.